The van der Waals surface area contributed by atoms with Crippen LogP contribution in [0.3, 0.4) is 0 Å². The molecule has 1 aromatic carbocycles. The van der Waals surface area contributed by atoms with Gasteiger partial charge >= 0.3 is 0 Å². The minimum atomic E-state index is 0.140. The van der Waals surface area contributed by atoms with E-state index < -0.39 is 0 Å². The topological polar surface area (TPSA) is 143 Å². The summed E-state index contributed by atoms with van der Waals surface area (Å²) >= 11 is 0. The number of nitrogens with one attached hydrogen (secondary N) is 1. The zero-order valence-corrected chi connectivity index (χ0v) is 18.4. The fourth-order valence-electron chi connectivity index (χ4n) is 4.25. The molecule has 2 aromatic heterocycles. The summed E-state index contributed by atoms with van der Waals surface area (Å²) in [5.74, 6) is 2.51. The second-order valence-electron chi connectivity index (χ2n) is 8.59. The average molecular weight is 425 g/mol. The summed E-state index contributed by atoms with van der Waals surface area (Å²) in [6.07, 6.45) is 4.57. The van der Waals surface area contributed by atoms with Crippen molar-refractivity contribution in [3.63, 3.8) is 0 Å². The van der Waals surface area contributed by atoms with Gasteiger partial charge < -0.3 is 31.8 Å². The number of imidazole rings is 1. The maximum Gasteiger partial charge on any atom is 0.226 e. The summed E-state index contributed by atoms with van der Waals surface area (Å²) < 4.78 is 7.46. The van der Waals surface area contributed by atoms with Gasteiger partial charge in [0.15, 0.2) is 17.0 Å². The van der Waals surface area contributed by atoms with Gasteiger partial charge in [-0.1, -0.05) is 0 Å². The van der Waals surface area contributed by atoms with Gasteiger partial charge in [-0.2, -0.15) is 9.97 Å². The number of ether oxygens (including phenoxy) is 1. The normalized spacial score (nSPS) is 19.1. The number of methoxy groups -OCH3 is 1. The smallest absolute Gasteiger partial charge is 0.226 e. The molecule has 0 saturated heterocycles. The van der Waals surface area contributed by atoms with Crippen molar-refractivity contribution in [2.24, 2.45) is 5.73 Å². The summed E-state index contributed by atoms with van der Waals surface area (Å²) in [4.78, 5) is 14.1. The molecular weight excluding hydrogens is 392 g/mol. The first-order valence-electron chi connectivity index (χ1n) is 10.8. The van der Waals surface area contributed by atoms with E-state index in [4.69, 9.17) is 31.9 Å². The number of benzene rings is 1. The second kappa shape index (κ2) is 8.58. The van der Waals surface area contributed by atoms with Crippen molar-refractivity contribution in [3.8, 4) is 5.75 Å². The highest BCUT2D eigenvalue weighted by Gasteiger charge is 2.22. The Morgan fingerprint density at radius 2 is 1.87 bits per heavy atom. The van der Waals surface area contributed by atoms with Crippen LogP contribution in [-0.2, 0) is 6.42 Å². The second-order valence-corrected chi connectivity index (χ2v) is 8.59. The molecule has 7 N–H and O–H groups in total. The molecule has 1 saturated carbocycles. The van der Waals surface area contributed by atoms with Gasteiger partial charge in [0.2, 0.25) is 5.95 Å². The van der Waals surface area contributed by atoms with Crippen molar-refractivity contribution in [1.29, 1.82) is 0 Å². The lowest BCUT2D eigenvalue weighted by Gasteiger charge is -2.26. The number of rotatable bonds is 6. The van der Waals surface area contributed by atoms with E-state index in [0.29, 0.717) is 41.5 Å². The molecule has 1 aliphatic carbocycles. The number of nitrogen functional groups attached to an aromatic ring is 2. The molecule has 2 heterocycles. The predicted molar refractivity (Wildman–Crippen MR) is 124 cm³/mol. The van der Waals surface area contributed by atoms with E-state index in [1.807, 2.05) is 18.2 Å². The third-order valence-electron chi connectivity index (χ3n) is 5.96. The minimum Gasteiger partial charge on any atom is -0.497 e. The van der Waals surface area contributed by atoms with E-state index >= 15 is 0 Å². The molecule has 9 nitrogen and oxygen atoms in total. The lowest BCUT2D eigenvalue weighted by atomic mass is 9.92. The Morgan fingerprint density at radius 3 is 2.55 bits per heavy atom. The van der Waals surface area contributed by atoms with E-state index in [1.165, 1.54) is 0 Å². The zero-order valence-electron chi connectivity index (χ0n) is 18.4. The largest absolute Gasteiger partial charge is 0.497 e. The molecule has 0 amide bonds. The molecule has 3 aromatic rings. The Hall–Kier alpha value is -3.07. The van der Waals surface area contributed by atoms with E-state index in [-0.39, 0.29) is 6.04 Å². The van der Waals surface area contributed by atoms with Crippen LogP contribution in [-0.4, -0.2) is 38.7 Å². The Kier molecular flexibility index (Phi) is 5.86. The Labute approximate surface area is 182 Å². The quantitative estimate of drug-likeness (QED) is 0.442. The van der Waals surface area contributed by atoms with Crippen LogP contribution in [0.25, 0.3) is 11.2 Å². The standard InChI is InChI=1S/C22H32N8O/c1-12(2)30-18(11-13-10-16(31-3)8-9-17(13)24)27-19-20(25)28-22(29-21(19)30)26-15-6-4-14(23)5-7-15/h8-10,12,14-15H,4-7,11,23-24H2,1-3H3,(H3,25,26,28,29). The van der Waals surface area contributed by atoms with Crippen molar-refractivity contribution in [1.82, 2.24) is 19.5 Å². The highest BCUT2D eigenvalue weighted by Crippen LogP contribution is 2.29. The number of nitrogens with zero attached hydrogens (tertiary/aromatic N) is 4. The van der Waals surface area contributed by atoms with Crippen LogP contribution >= 0.6 is 0 Å². The van der Waals surface area contributed by atoms with E-state index in [9.17, 15) is 0 Å². The molecule has 1 aliphatic rings. The Morgan fingerprint density at radius 1 is 1.13 bits per heavy atom. The molecule has 0 unspecified atom stereocenters. The highest BCUT2D eigenvalue weighted by molar-refractivity contribution is 5.83. The van der Waals surface area contributed by atoms with E-state index in [2.05, 4.69) is 28.7 Å². The number of hydrogen-bond donors (Lipinski definition) is 4. The molecule has 31 heavy (non-hydrogen) atoms. The van der Waals surface area contributed by atoms with E-state index in [1.54, 1.807) is 7.11 Å². The molecule has 0 aliphatic heterocycles. The van der Waals surface area contributed by atoms with E-state index in [0.717, 1.165) is 48.5 Å². The van der Waals surface area contributed by atoms with Gasteiger partial charge in [0.25, 0.3) is 0 Å². The van der Waals surface area contributed by atoms with Crippen molar-refractivity contribution in [2.75, 3.05) is 23.9 Å². The zero-order chi connectivity index (χ0) is 22.1. The molecule has 0 bridgehead atoms. The number of anilines is 3. The van der Waals surface area contributed by atoms with Gasteiger partial charge in [-0.3, -0.25) is 0 Å². The maximum absolute atomic E-state index is 6.30. The van der Waals surface area contributed by atoms with Crippen LogP contribution in [0.2, 0.25) is 0 Å². The fourth-order valence-corrected chi connectivity index (χ4v) is 4.25. The number of hydrogen-bond acceptors (Lipinski definition) is 8. The summed E-state index contributed by atoms with van der Waals surface area (Å²) in [5.41, 5.74) is 21.5. The van der Waals surface area contributed by atoms with Crippen LogP contribution < -0.4 is 27.3 Å². The van der Waals surface area contributed by atoms with Gasteiger partial charge in [0.1, 0.15) is 11.6 Å². The molecular formula is C22H32N8O. The number of fused-ring (bicyclic) bond motifs is 1. The van der Waals surface area contributed by atoms with Gasteiger partial charge in [-0.05, 0) is 63.3 Å². The first kappa shape index (κ1) is 21.2. The van der Waals surface area contributed by atoms with Crippen LogP contribution in [0, 0.1) is 0 Å². The highest BCUT2D eigenvalue weighted by atomic mass is 16.5. The van der Waals surface area contributed by atoms with Crippen LogP contribution in [0.15, 0.2) is 18.2 Å². The van der Waals surface area contributed by atoms with Crippen molar-refractivity contribution in [3.05, 3.63) is 29.6 Å². The summed E-state index contributed by atoms with van der Waals surface area (Å²) in [7, 11) is 1.64. The predicted octanol–water partition coefficient (Wildman–Crippen LogP) is 2.85. The molecule has 166 valence electrons. The van der Waals surface area contributed by atoms with Gasteiger partial charge in [0.05, 0.1) is 7.11 Å². The minimum absolute atomic E-state index is 0.140. The monoisotopic (exact) mass is 424 g/mol. The maximum atomic E-state index is 6.30. The first-order valence-corrected chi connectivity index (χ1v) is 10.8. The molecule has 0 radical (unpaired) electrons. The lowest BCUT2D eigenvalue weighted by Crippen LogP contribution is -2.33. The Balaban J connectivity index is 1.70. The number of nitrogens with two attached hydrogens (primary N) is 3. The summed E-state index contributed by atoms with van der Waals surface area (Å²) in [6, 6.07) is 6.38. The van der Waals surface area contributed by atoms with Crippen LogP contribution in [0.4, 0.5) is 17.5 Å². The SMILES string of the molecule is COc1ccc(N)c(Cc2nc3c(N)nc(NC4CCC(N)CC4)nc3n2C(C)C)c1. The molecule has 0 atom stereocenters. The Bertz CT molecular complexity index is 1070. The van der Waals surface area contributed by atoms with Crippen LogP contribution in [0.5, 0.6) is 5.75 Å². The molecule has 9 heteroatoms. The third kappa shape index (κ3) is 4.36. The van der Waals surface area contributed by atoms with Crippen molar-refractivity contribution in [2.45, 2.75) is 64.1 Å². The van der Waals surface area contributed by atoms with Gasteiger partial charge in [-0.25, -0.2) is 4.98 Å². The van der Waals surface area contributed by atoms with Gasteiger partial charge in [0, 0.05) is 30.2 Å². The first-order chi connectivity index (χ1) is 14.9. The number of aromatic nitrogens is 4. The van der Waals surface area contributed by atoms with Gasteiger partial charge in [-0.15, -0.1) is 0 Å². The molecule has 1 fully saturated rings. The summed E-state index contributed by atoms with van der Waals surface area (Å²) in [6.45, 7) is 4.21. The lowest BCUT2D eigenvalue weighted by molar-refractivity contribution is 0.410. The van der Waals surface area contributed by atoms with Crippen LogP contribution in [0.1, 0.15) is 57.0 Å². The van der Waals surface area contributed by atoms with Crippen molar-refractivity contribution < 1.29 is 4.74 Å². The fraction of sp³-hybridized carbons (Fsp3) is 0.500. The average Bonchev–Trinajstić information content (AvgIpc) is 3.10. The third-order valence-corrected chi connectivity index (χ3v) is 5.96. The molecule has 4 rings (SSSR count). The van der Waals surface area contributed by atoms with Crippen molar-refractivity contribution >= 4 is 28.6 Å². The summed E-state index contributed by atoms with van der Waals surface area (Å²) in [5, 5.41) is 3.45. The molecule has 0 spiro atoms.